The summed E-state index contributed by atoms with van der Waals surface area (Å²) in [7, 11) is -1.96. The number of benzene rings is 1. The molecule has 216 valence electrons. The van der Waals surface area contributed by atoms with Crippen molar-refractivity contribution in [3.05, 3.63) is 40.9 Å². The van der Waals surface area contributed by atoms with Gasteiger partial charge in [-0.1, -0.05) is 17.3 Å². The van der Waals surface area contributed by atoms with E-state index in [1.54, 1.807) is 23.2 Å². The van der Waals surface area contributed by atoms with Crippen molar-refractivity contribution in [2.24, 2.45) is 5.16 Å². The number of methoxy groups -OCH3 is 1. The highest BCUT2D eigenvalue weighted by Gasteiger charge is 2.37. The van der Waals surface area contributed by atoms with E-state index in [-0.39, 0.29) is 28.1 Å². The van der Waals surface area contributed by atoms with E-state index in [1.807, 2.05) is 0 Å². The number of carbonyl (C=O) groups excluding carboxylic acids is 2. The topological polar surface area (TPSA) is 140 Å². The highest BCUT2D eigenvalue weighted by Crippen LogP contribution is 2.33. The van der Waals surface area contributed by atoms with Crippen molar-refractivity contribution < 1.29 is 32.3 Å². The first-order valence-corrected chi connectivity index (χ1v) is 15.7. The maximum Gasteiger partial charge on any atom is 0.409 e. The van der Waals surface area contributed by atoms with Crippen LogP contribution in [0.4, 0.5) is 9.93 Å². The van der Waals surface area contributed by atoms with Gasteiger partial charge in [0.05, 0.1) is 30.5 Å². The maximum absolute atomic E-state index is 13.3. The molecule has 2 amide bonds. The molecule has 0 unspecified atom stereocenters. The van der Waals surface area contributed by atoms with Gasteiger partial charge in [0.25, 0.3) is 5.91 Å². The summed E-state index contributed by atoms with van der Waals surface area (Å²) in [6.45, 7) is 4.37. The number of hydrogen-bond donors (Lipinski definition) is 1. The van der Waals surface area contributed by atoms with E-state index in [2.05, 4.69) is 20.4 Å². The lowest BCUT2D eigenvalue weighted by atomic mass is 10.1. The Morgan fingerprint density at radius 2 is 1.95 bits per heavy atom. The number of anilines is 1. The predicted molar refractivity (Wildman–Crippen MR) is 148 cm³/mol. The van der Waals surface area contributed by atoms with Gasteiger partial charge in [0.2, 0.25) is 0 Å². The summed E-state index contributed by atoms with van der Waals surface area (Å²) in [4.78, 5) is 40.3. The second-order valence-electron chi connectivity index (χ2n) is 9.97. The van der Waals surface area contributed by atoms with Gasteiger partial charge >= 0.3 is 6.09 Å². The molecular formula is C26H33N5O7S2. The van der Waals surface area contributed by atoms with Crippen molar-refractivity contribution >= 4 is 44.0 Å². The molecule has 0 spiro atoms. The zero-order valence-electron chi connectivity index (χ0n) is 22.3. The van der Waals surface area contributed by atoms with Crippen LogP contribution in [0, 0.1) is 0 Å². The zero-order valence-corrected chi connectivity index (χ0v) is 23.9. The molecule has 2 aliphatic heterocycles. The standard InChI is InChI=1S/C26H33N5O7S2/c1-36-26(33)31-11-2-10-30(12-13-31)16-20-15-27-25(39-20)28-24(32)23(29-38-19-9-14-37-17-19)18-3-5-21(6-4-18)40(34,35)22-7-8-22/h3-6,15,19,22H,2,7-14,16-17H2,1H3,(H,27,28,32)/b29-23+/t19-/m1/s1. The Hall–Kier alpha value is -3.07. The molecule has 2 saturated heterocycles. The number of sulfone groups is 1. The maximum atomic E-state index is 13.3. The number of nitrogens with zero attached hydrogens (tertiary/aromatic N) is 4. The van der Waals surface area contributed by atoms with E-state index < -0.39 is 15.7 Å². The summed E-state index contributed by atoms with van der Waals surface area (Å²) in [6, 6.07) is 6.17. The molecule has 3 aliphatic rings. The lowest BCUT2D eigenvalue weighted by Gasteiger charge is -2.20. The van der Waals surface area contributed by atoms with Gasteiger partial charge in [-0.25, -0.2) is 18.2 Å². The zero-order chi connectivity index (χ0) is 28.1. The smallest absolute Gasteiger partial charge is 0.409 e. The first-order chi connectivity index (χ1) is 19.3. The number of rotatable bonds is 9. The summed E-state index contributed by atoms with van der Waals surface area (Å²) < 4.78 is 35.4. The number of ether oxygens (including phenoxy) is 2. The molecular weight excluding hydrogens is 558 g/mol. The van der Waals surface area contributed by atoms with Crippen LogP contribution in [0.25, 0.3) is 0 Å². The van der Waals surface area contributed by atoms with Crippen molar-refractivity contribution in [1.29, 1.82) is 0 Å². The number of hydrogen-bond acceptors (Lipinski definition) is 11. The van der Waals surface area contributed by atoms with E-state index >= 15 is 0 Å². The van der Waals surface area contributed by atoms with E-state index in [9.17, 15) is 18.0 Å². The van der Waals surface area contributed by atoms with Gasteiger partial charge in [-0.3, -0.25) is 15.0 Å². The van der Waals surface area contributed by atoms with Crippen LogP contribution in [0.1, 0.15) is 36.1 Å². The van der Waals surface area contributed by atoms with Crippen molar-refractivity contribution in [2.75, 3.05) is 51.8 Å². The first-order valence-electron chi connectivity index (χ1n) is 13.3. The Labute approximate surface area is 237 Å². The molecule has 1 aliphatic carbocycles. The molecule has 0 bridgehead atoms. The summed E-state index contributed by atoms with van der Waals surface area (Å²) in [5.41, 5.74) is 0.456. The minimum absolute atomic E-state index is 0.0226. The Kier molecular flexibility index (Phi) is 8.98. The van der Waals surface area contributed by atoms with Gasteiger partial charge in [0.15, 0.2) is 26.8 Å². The van der Waals surface area contributed by atoms with Crippen molar-refractivity contribution in [1.82, 2.24) is 14.8 Å². The summed E-state index contributed by atoms with van der Waals surface area (Å²) in [5, 5.41) is 7.05. The molecule has 14 heteroatoms. The van der Waals surface area contributed by atoms with Gasteiger partial charge in [-0.2, -0.15) is 0 Å². The normalized spacial score (nSPS) is 20.7. The van der Waals surface area contributed by atoms with Crippen LogP contribution in [-0.4, -0.2) is 98.8 Å². The lowest BCUT2D eigenvalue weighted by molar-refractivity contribution is -0.110. The summed E-state index contributed by atoms with van der Waals surface area (Å²) in [6.07, 6.45) is 4.01. The molecule has 1 saturated carbocycles. The predicted octanol–water partition coefficient (Wildman–Crippen LogP) is 2.50. The average Bonchev–Trinajstić information content (AvgIpc) is 3.61. The van der Waals surface area contributed by atoms with Crippen LogP contribution in [0.2, 0.25) is 0 Å². The number of nitrogens with one attached hydrogen (secondary N) is 1. The Balaban J connectivity index is 1.25. The molecule has 1 aromatic heterocycles. The lowest BCUT2D eigenvalue weighted by Crippen LogP contribution is -2.34. The number of thiazole rings is 1. The van der Waals surface area contributed by atoms with Gasteiger partial charge < -0.3 is 19.2 Å². The third kappa shape index (κ3) is 6.97. The van der Waals surface area contributed by atoms with Gasteiger partial charge in [-0.05, 0) is 31.4 Å². The molecule has 40 heavy (non-hydrogen) atoms. The monoisotopic (exact) mass is 591 g/mol. The number of carbonyl (C=O) groups is 2. The third-order valence-corrected chi connectivity index (χ3v) is 10.2. The van der Waals surface area contributed by atoms with Crippen LogP contribution >= 0.6 is 11.3 Å². The van der Waals surface area contributed by atoms with Crippen molar-refractivity contribution in [3.8, 4) is 0 Å². The largest absolute Gasteiger partial charge is 0.453 e. The van der Waals surface area contributed by atoms with Crippen LogP contribution < -0.4 is 5.32 Å². The fourth-order valence-corrected chi connectivity index (χ4v) is 7.08. The first kappa shape index (κ1) is 28.5. The van der Waals surface area contributed by atoms with E-state index in [0.29, 0.717) is 69.4 Å². The Bertz CT molecular complexity index is 1340. The molecule has 1 aromatic carbocycles. The van der Waals surface area contributed by atoms with Crippen molar-refractivity contribution in [2.45, 2.75) is 48.5 Å². The third-order valence-electron chi connectivity index (χ3n) is 6.99. The molecule has 12 nitrogen and oxygen atoms in total. The van der Waals surface area contributed by atoms with E-state index in [4.69, 9.17) is 14.3 Å². The van der Waals surface area contributed by atoms with Gasteiger partial charge in [-0.15, -0.1) is 11.3 Å². The number of amides is 2. The molecule has 3 heterocycles. The molecule has 1 N–H and O–H groups in total. The van der Waals surface area contributed by atoms with Crippen LogP contribution in [0.3, 0.4) is 0 Å². The average molecular weight is 592 g/mol. The quantitative estimate of drug-likeness (QED) is 0.344. The molecule has 2 aromatic rings. The second kappa shape index (κ2) is 12.6. The van der Waals surface area contributed by atoms with Gasteiger partial charge in [0.1, 0.15) is 0 Å². The molecule has 1 atom stereocenters. The second-order valence-corrected chi connectivity index (χ2v) is 13.3. The van der Waals surface area contributed by atoms with Gasteiger partial charge in [0, 0.05) is 55.8 Å². The van der Waals surface area contributed by atoms with E-state index in [0.717, 1.165) is 17.8 Å². The van der Waals surface area contributed by atoms with E-state index in [1.165, 1.54) is 30.6 Å². The Morgan fingerprint density at radius 1 is 1.15 bits per heavy atom. The SMILES string of the molecule is COC(=O)N1CCCN(Cc2cnc(NC(=O)/C(=N/O[C@@H]3CCOC3)c3ccc(S(=O)(=O)C4CC4)cc3)s2)CC1. The van der Waals surface area contributed by atoms with Crippen LogP contribution in [0.15, 0.2) is 40.5 Å². The highest BCUT2D eigenvalue weighted by molar-refractivity contribution is 7.92. The number of oxime groups is 1. The number of aromatic nitrogens is 1. The fraction of sp³-hybridized carbons (Fsp3) is 0.538. The summed E-state index contributed by atoms with van der Waals surface area (Å²) >= 11 is 1.36. The fourth-order valence-electron chi connectivity index (χ4n) is 4.58. The van der Waals surface area contributed by atoms with Crippen molar-refractivity contribution in [3.63, 3.8) is 0 Å². The van der Waals surface area contributed by atoms with Crippen LogP contribution in [0.5, 0.6) is 0 Å². The minimum Gasteiger partial charge on any atom is -0.453 e. The minimum atomic E-state index is -3.35. The summed E-state index contributed by atoms with van der Waals surface area (Å²) in [5.74, 6) is -0.513. The molecule has 5 rings (SSSR count). The Morgan fingerprint density at radius 3 is 2.65 bits per heavy atom. The van der Waals surface area contributed by atoms with Crippen LogP contribution in [-0.2, 0) is 35.5 Å². The molecule has 0 radical (unpaired) electrons. The molecule has 3 fully saturated rings. The highest BCUT2D eigenvalue weighted by atomic mass is 32.2.